The van der Waals surface area contributed by atoms with Gasteiger partial charge in [0.2, 0.25) is 0 Å². The molecule has 2 N–H and O–H groups in total. The minimum absolute atomic E-state index is 0.0670. The van der Waals surface area contributed by atoms with Gasteiger partial charge in [-0.1, -0.05) is 97.3 Å². The number of ether oxygens (including phenoxy) is 4. The molecule has 2 aliphatic heterocycles. The van der Waals surface area contributed by atoms with Crippen molar-refractivity contribution >= 4 is 81.6 Å². The molecule has 0 radical (unpaired) electrons. The fourth-order valence-electron chi connectivity index (χ4n) is 5.39. The number of fused-ring (bicyclic) bond motifs is 2. The third-order valence-corrected chi connectivity index (χ3v) is 10.5. The standard InChI is InChI=1S/C40H34N4O10S2/c1-23(2)36(47)51-21-19-41-39(49)53-30-27-17-11-12-18-28(27)31(54-40(50)42-20-22-52-37(48)24(3)4)33-32(30)55-38(56-33)29-34(45)43(25-13-7-5-8-14-25)44(35(29)46)26-15-9-6-10-16-26/h5-18H,1,3,19-22H2,2,4H3,(H,41,49)(H,42,50). The number of rotatable bonds is 12. The monoisotopic (exact) mass is 794 g/mol. The number of carbonyl (C=O) groups excluding carboxylic acids is 6. The average molecular weight is 795 g/mol. The molecule has 1 fully saturated rings. The van der Waals surface area contributed by atoms with Gasteiger partial charge in [-0.05, 0) is 38.1 Å². The van der Waals surface area contributed by atoms with Crippen molar-refractivity contribution in [3.8, 4) is 11.5 Å². The molecule has 2 heterocycles. The SMILES string of the molecule is C=C(C)C(=O)OCCNC(=O)Oc1c2c(c(OC(=O)NCCOC(=O)C(=C)C)c3ccccc13)SC(=C1C(=O)N(c3ccccc3)N(c3ccccc3)C1=O)S2. The Labute approximate surface area is 329 Å². The van der Waals surface area contributed by atoms with Gasteiger partial charge in [0, 0.05) is 21.9 Å². The predicted molar refractivity (Wildman–Crippen MR) is 210 cm³/mol. The van der Waals surface area contributed by atoms with Crippen LogP contribution in [0.2, 0.25) is 0 Å². The lowest BCUT2D eigenvalue weighted by molar-refractivity contribution is -0.139. The van der Waals surface area contributed by atoms with Crippen LogP contribution in [-0.2, 0) is 28.7 Å². The van der Waals surface area contributed by atoms with Gasteiger partial charge < -0.3 is 29.6 Å². The molecule has 0 atom stereocenters. The summed E-state index contributed by atoms with van der Waals surface area (Å²) in [7, 11) is 0. The van der Waals surface area contributed by atoms with Gasteiger partial charge in [0.1, 0.15) is 18.8 Å². The first kappa shape index (κ1) is 39.2. The number of nitrogens with zero attached hydrogens (tertiary/aromatic N) is 2. The van der Waals surface area contributed by atoms with Crippen molar-refractivity contribution in [3.63, 3.8) is 0 Å². The summed E-state index contributed by atoms with van der Waals surface area (Å²) in [5, 5.41) is 8.41. The van der Waals surface area contributed by atoms with Crippen LogP contribution < -0.4 is 30.1 Å². The van der Waals surface area contributed by atoms with E-state index in [1.165, 1.54) is 23.9 Å². The zero-order valence-electron chi connectivity index (χ0n) is 30.1. The van der Waals surface area contributed by atoms with Crippen molar-refractivity contribution in [2.45, 2.75) is 23.6 Å². The maximum absolute atomic E-state index is 14.4. The number of nitrogens with one attached hydrogen (secondary N) is 2. The number of thioether (sulfide) groups is 2. The van der Waals surface area contributed by atoms with E-state index >= 15 is 0 Å². The molecule has 0 spiro atoms. The van der Waals surface area contributed by atoms with Crippen LogP contribution >= 0.6 is 23.5 Å². The van der Waals surface area contributed by atoms with E-state index in [1.807, 2.05) is 0 Å². The van der Waals surface area contributed by atoms with Gasteiger partial charge in [0.05, 0.1) is 38.5 Å². The second kappa shape index (κ2) is 17.3. The van der Waals surface area contributed by atoms with Gasteiger partial charge in [-0.3, -0.25) is 9.59 Å². The maximum Gasteiger partial charge on any atom is 0.412 e. The van der Waals surface area contributed by atoms with Crippen LogP contribution in [0.25, 0.3) is 10.8 Å². The van der Waals surface area contributed by atoms with Crippen LogP contribution in [0.1, 0.15) is 13.8 Å². The van der Waals surface area contributed by atoms with Crippen LogP contribution in [0, 0.1) is 0 Å². The fourth-order valence-corrected chi connectivity index (χ4v) is 8.09. The summed E-state index contributed by atoms with van der Waals surface area (Å²) in [6.07, 6.45) is -1.77. The topological polar surface area (TPSA) is 170 Å². The molecule has 56 heavy (non-hydrogen) atoms. The van der Waals surface area contributed by atoms with Crippen molar-refractivity contribution in [3.05, 3.63) is 119 Å². The zero-order chi connectivity index (χ0) is 39.9. The third-order valence-electron chi connectivity index (χ3n) is 7.94. The van der Waals surface area contributed by atoms with E-state index in [2.05, 4.69) is 23.8 Å². The zero-order valence-corrected chi connectivity index (χ0v) is 31.8. The Balaban J connectivity index is 1.38. The third kappa shape index (κ3) is 8.40. The first-order valence-corrected chi connectivity index (χ1v) is 18.6. The van der Waals surface area contributed by atoms with Gasteiger partial charge in [-0.15, -0.1) is 0 Å². The highest BCUT2D eigenvalue weighted by Crippen LogP contribution is 2.62. The molecular formula is C40H34N4O10S2. The minimum Gasteiger partial charge on any atom is -0.460 e. The molecule has 0 aliphatic carbocycles. The number of amides is 4. The number of carbonyl (C=O) groups is 6. The molecule has 0 unspecified atom stereocenters. The van der Waals surface area contributed by atoms with Crippen LogP contribution in [0.15, 0.2) is 129 Å². The number of hydrazine groups is 1. The van der Waals surface area contributed by atoms with Crippen LogP contribution in [0.4, 0.5) is 21.0 Å². The number of benzene rings is 4. The van der Waals surface area contributed by atoms with Crippen LogP contribution in [-0.4, -0.2) is 62.2 Å². The molecule has 14 nitrogen and oxygen atoms in total. The number of anilines is 2. The maximum atomic E-state index is 14.4. The smallest absolute Gasteiger partial charge is 0.412 e. The number of hydrogen-bond acceptors (Lipinski definition) is 12. The first-order chi connectivity index (χ1) is 27.0. The molecule has 0 saturated carbocycles. The number of hydrogen-bond donors (Lipinski definition) is 2. The van der Waals surface area contributed by atoms with Crippen LogP contribution in [0.5, 0.6) is 11.5 Å². The molecule has 4 amide bonds. The highest BCUT2D eigenvalue weighted by atomic mass is 32.2. The van der Waals surface area contributed by atoms with Crippen molar-refractivity contribution in [1.82, 2.24) is 10.6 Å². The molecule has 286 valence electrons. The van der Waals surface area contributed by atoms with E-state index in [4.69, 9.17) is 18.9 Å². The molecule has 4 aromatic rings. The Hall–Kier alpha value is -6.52. The lowest BCUT2D eigenvalue weighted by Gasteiger charge is -2.27. The Morgan fingerprint density at radius 2 is 0.982 bits per heavy atom. The minimum atomic E-state index is -0.885. The quantitative estimate of drug-likeness (QED) is 0.0678. The van der Waals surface area contributed by atoms with E-state index < -0.39 is 35.9 Å². The highest BCUT2D eigenvalue weighted by molar-refractivity contribution is 8.25. The van der Waals surface area contributed by atoms with E-state index in [-0.39, 0.29) is 58.8 Å². The fraction of sp³-hybridized carbons (Fsp3) is 0.150. The molecule has 0 bridgehead atoms. The predicted octanol–water partition coefficient (Wildman–Crippen LogP) is 6.66. The normalized spacial score (nSPS) is 13.3. The van der Waals surface area contributed by atoms with Crippen molar-refractivity contribution in [1.29, 1.82) is 0 Å². The summed E-state index contributed by atoms with van der Waals surface area (Å²) in [5.41, 5.74) is 1.15. The van der Waals surface area contributed by atoms with Gasteiger partial charge in [-0.25, -0.2) is 29.2 Å². The van der Waals surface area contributed by atoms with E-state index in [1.54, 1.807) is 84.9 Å². The van der Waals surface area contributed by atoms with Gasteiger partial charge in [0.15, 0.2) is 11.5 Å². The molecule has 2 aliphatic rings. The Kier molecular flexibility index (Phi) is 12.1. The molecule has 4 aromatic carbocycles. The Bertz CT molecular complexity index is 2160. The largest absolute Gasteiger partial charge is 0.460 e. The van der Waals surface area contributed by atoms with E-state index in [0.29, 0.717) is 31.9 Å². The molecule has 16 heteroatoms. The van der Waals surface area contributed by atoms with Gasteiger partial charge in [0.25, 0.3) is 11.8 Å². The summed E-state index contributed by atoms with van der Waals surface area (Å²) in [6.45, 7) is 9.61. The summed E-state index contributed by atoms with van der Waals surface area (Å²) in [4.78, 5) is 79.3. The molecular weight excluding hydrogens is 761 g/mol. The van der Waals surface area contributed by atoms with Gasteiger partial charge >= 0.3 is 24.1 Å². The lowest BCUT2D eigenvalue weighted by atomic mass is 10.1. The van der Waals surface area contributed by atoms with Crippen molar-refractivity contribution in [2.24, 2.45) is 0 Å². The Morgan fingerprint density at radius 3 is 1.36 bits per heavy atom. The summed E-state index contributed by atoms with van der Waals surface area (Å²) in [5.74, 6) is -2.30. The number of para-hydroxylation sites is 2. The van der Waals surface area contributed by atoms with E-state index in [0.717, 1.165) is 23.5 Å². The Morgan fingerprint density at radius 1 is 0.607 bits per heavy atom. The highest BCUT2D eigenvalue weighted by Gasteiger charge is 2.47. The van der Waals surface area contributed by atoms with Crippen molar-refractivity contribution < 1.29 is 47.7 Å². The van der Waals surface area contributed by atoms with Gasteiger partial charge in [-0.2, -0.15) is 0 Å². The second-order valence-corrected chi connectivity index (χ2v) is 14.4. The summed E-state index contributed by atoms with van der Waals surface area (Å²) in [6, 6.07) is 24.1. The summed E-state index contributed by atoms with van der Waals surface area (Å²) < 4.78 is 22.1. The molecule has 6 rings (SSSR count). The van der Waals surface area contributed by atoms with Crippen LogP contribution in [0.3, 0.4) is 0 Å². The molecule has 1 saturated heterocycles. The second-order valence-electron chi connectivity index (χ2n) is 12.1. The van der Waals surface area contributed by atoms with E-state index in [9.17, 15) is 28.8 Å². The van der Waals surface area contributed by atoms with Crippen molar-refractivity contribution in [2.75, 3.05) is 36.3 Å². The number of esters is 2. The molecule has 0 aromatic heterocycles. The average Bonchev–Trinajstić information content (AvgIpc) is 3.74. The summed E-state index contributed by atoms with van der Waals surface area (Å²) >= 11 is 2.02. The first-order valence-electron chi connectivity index (χ1n) is 17.0. The lowest BCUT2D eigenvalue weighted by Crippen LogP contribution is -2.41.